The van der Waals surface area contributed by atoms with Gasteiger partial charge in [0, 0.05) is 20.9 Å². The Bertz CT molecular complexity index is 976. The molecule has 0 radical (unpaired) electrons. The van der Waals surface area contributed by atoms with Crippen molar-refractivity contribution in [3.63, 3.8) is 0 Å². The van der Waals surface area contributed by atoms with Crippen molar-refractivity contribution in [1.82, 2.24) is 0 Å². The molecule has 0 aliphatic heterocycles. The summed E-state index contributed by atoms with van der Waals surface area (Å²) in [6.45, 7) is -0.221. The van der Waals surface area contributed by atoms with Gasteiger partial charge in [-0.2, -0.15) is 0 Å². The third kappa shape index (κ3) is 5.58. The summed E-state index contributed by atoms with van der Waals surface area (Å²) in [5, 5.41) is 6.09. The summed E-state index contributed by atoms with van der Waals surface area (Å²) in [7, 11) is 0. The first-order valence-corrected chi connectivity index (χ1v) is 9.52. The monoisotopic (exact) mass is 458 g/mol. The second-order valence-electron chi connectivity index (χ2n) is 5.80. The van der Waals surface area contributed by atoms with Crippen molar-refractivity contribution in [3.05, 3.63) is 87.9 Å². The first-order valence-electron chi connectivity index (χ1n) is 8.35. The van der Waals surface area contributed by atoms with Crippen LogP contribution in [0.2, 0.25) is 5.02 Å². The predicted octanol–water partition coefficient (Wildman–Crippen LogP) is 5.37. The van der Waals surface area contributed by atoms with E-state index < -0.39 is 0 Å². The number of ether oxygens (including phenoxy) is 1. The molecular weight excluding hydrogens is 444 g/mol. The van der Waals surface area contributed by atoms with E-state index in [0.29, 0.717) is 27.7 Å². The van der Waals surface area contributed by atoms with Gasteiger partial charge in [-0.25, -0.2) is 0 Å². The normalized spacial score (nSPS) is 10.2. The summed E-state index contributed by atoms with van der Waals surface area (Å²) in [6.07, 6.45) is 0. The molecule has 0 bridgehead atoms. The standard InChI is InChI=1S/C21H16BrClN2O3/c22-14-5-9-16(10-6-14)24-20(26)13-28-19-4-2-1-3-18(19)21(27)25-17-11-7-15(23)8-12-17/h1-12H,13H2,(H,24,26)(H,25,27). The Morgan fingerprint density at radius 3 is 2.18 bits per heavy atom. The third-order valence-electron chi connectivity index (χ3n) is 3.72. The average molecular weight is 460 g/mol. The molecule has 0 aliphatic rings. The largest absolute Gasteiger partial charge is 0.483 e. The van der Waals surface area contributed by atoms with Gasteiger partial charge in [-0.05, 0) is 60.7 Å². The van der Waals surface area contributed by atoms with Crippen molar-refractivity contribution in [1.29, 1.82) is 0 Å². The first kappa shape index (κ1) is 19.9. The van der Waals surface area contributed by atoms with Crippen molar-refractivity contribution >= 4 is 50.7 Å². The Balaban J connectivity index is 1.63. The van der Waals surface area contributed by atoms with Crippen LogP contribution < -0.4 is 15.4 Å². The van der Waals surface area contributed by atoms with E-state index in [1.54, 1.807) is 60.7 Å². The molecule has 0 saturated heterocycles. The molecule has 2 N–H and O–H groups in total. The summed E-state index contributed by atoms with van der Waals surface area (Å²) in [5.41, 5.74) is 1.59. The minimum atomic E-state index is -0.341. The lowest BCUT2D eigenvalue weighted by molar-refractivity contribution is -0.118. The van der Waals surface area contributed by atoms with Gasteiger partial charge in [0.15, 0.2) is 6.61 Å². The van der Waals surface area contributed by atoms with Crippen molar-refractivity contribution in [2.24, 2.45) is 0 Å². The van der Waals surface area contributed by atoms with Gasteiger partial charge in [0.05, 0.1) is 5.56 Å². The summed E-state index contributed by atoms with van der Waals surface area (Å²) >= 11 is 9.19. The number of carbonyl (C=O) groups is 2. The Morgan fingerprint density at radius 1 is 0.857 bits per heavy atom. The zero-order chi connectivity index (χ0) is 19.9. The maximum absolute atomic E-state index is 12.6. The lowest BCUT2D eigenvalue weighted by Gasteiger charge is -2.12. The van der Waals surface area contributed by atoms with Crippen LogP contribution in [0.25, 0.3) is 0 Å². The van der Waals surface area contributed by atoms with Crippen LogP contribution in [0.1, 0.15) is 10.4 Å². The number of hydrogen-bond acceptors (Lipinski definition) is 3. The molecule has 0 saturated carbocycles. The molecule has 0 aliphatic carbocycles. The minimum absolute atomic E-state index is 0.221. The van der Waals surface area contributed by atoms with Crippen LogP contribution in [-0.2, 0) is 4.79 Å². The van der Waals surface area contributed by atoms with Gasteiger partial charge in [0.2, 0.25) is 0 Å². The molecule has 3 rings (SSSR count). The lowest BCUT2D eigenvalue weighted by atomic mass is 10.2. The Hall–Kier alpha value is -2.83. The average Bonchev–Trinajstić information content (AvgIpc) is 2.70. The van der Waals surface area contributed by atoms with Gasteiger partial charge >= 0.3 is 0 Å². The van der Waals surface area contributed by atoms with Crippen LogP contribution in [0, 0.1) is 0 Å². The van der Waals surface area contributed by atoms with Gasteiger partial charge in [-0.1, -0.05) is 39.7 Å². The molecule has 0 fully saturated rings. The van der Waals surface area contributed by atoms with Crippen LogP contribution in [0.3, 0.4) is 0 Å². The number of amides is 2. The second kappa shape index (κ2) is 9.39. The molecule has 5 nitrogen and oxygen atoms in total. The fraction of sp³-hybridized carbons (Fsp3) is 0.0476. The van der Waals surface area contributed by atoms with Crippen molar-refractivity contribution in [2.75, 3.05) is 17.2 Å². The van der Waals surface area contributed by atoms with E-state index in [2.05, 4.69) is 26.6 Å². The molecule has 142 valence electrons. The molecule has 7 heteroatoms. The highest BCUT2D eigenvalue weighted by molar-refractivity contribution is 9.10. The fourth-order valence-corrected chi connectivity index (χ4v) is 2.78. The van der Waals surface area contributed by atoms with Crippen LogP contribution in [-0.4, -0.2) is 18.4 Å². The number of benzene rings is 3. The Kier molecular flexibility index (Phi) is 6.68. The maximum Gasteiger partial charge on any atom is 0.262 e. The lowest BCUT2D eigenvalue weighted by Crippen LogP contribution is -2.21. The van der Waals surface area contributed by atoms with E-state index >= 15 is 0 Å². The molecule has 0 unspecified atom stereocenters. The Labute approximate surface area is 175 Å². The summed E-state index contributed by atoms with van der Waals surface area (Å²) in [4.78, 5) is 24.7. The van der Waals surface area contributed by atoms with Crippen molar-refractivity contribution < 1.29 is 14.3 Å². The van der Waals surface area contributed by atoms with Crippen molar-refractivity contribution in [2.45, 2.75) is 0 Å². The molecule has 0 spiro atoms. The highest BCUT2D eigenvalue weighted by Crippen LogP contribution is 2.21. The van der Waals surface area contributed by atoms with Gasteiger partial charge in [0.25, 0.3) is 11.8 Å². The number of nitrogens with one attached hydrogen (secondary N) is 2. The third-order valence-corrected chi connectivity index (χ3v) is 4.50. The van der Waals surface area contributed by atoms with Crippen LogP contribution in [0.5, 0.6) is 5.75 Å². The van der Waals surface area contributed by atoms with E-state index in [0.717, 1.165) is 4.47 Å². The molecule has 0 aromatic heterocycles. The summed E-state index contributed by atoms with van der Waals surface area (Å²) in [6, 6.07) is 20.7. The first-order chi connectivity index (χ1) is 13.5. The van der Waals surface area contributed by atoms with E-state index in [1.807, 2.05) is 12.1 Å². The highest BCUT2D eigenvalue weighted by atomic mass is 79.9. The van der Waals surface area contributed by atoms with Crippen LogP contribution >= 0.6 is 27.5 Å². The molecule has 3 aromatic carbocycles. The zero-order valence-electron chi connectivity index (χ0n) is 14.6. The number of halogens is 2. The van der Waals surface area contributed by atoms with Gasteiger partial charge in [0.1, 0.15) is 5.75 Å². The number of rotatable bonds is 6. The number of para-hydroxylation sites is 1. The molecule has 28 heavy (non-hydrogen) atoms. The van der Waals surface area contributed by atoms with Gasteiger partial charge in [-0.15, -0.1) is 0 Å². The highest BCUT2D eigenvalue weighted by Gasteiger charge is 2.14. The molecule has 0 heterocycles. The Morgan fingerprint density at radius 2 is 1.46 bits per heavy atom. The van der Waals surface area contributed by atoms with Crippen molar-refractivity contribution in [3.8, 4) is 5.75 Å². The van der Waals surface area contributed by atoms with Crippen LogP contribution in [0.4, 0.5) is 11.4 Å². The summed E-state index contributed by atoms with van der Waals surface area (Å²) in [5.74, 6) is -0.346. The molecular formula is C21H16BrClN2O3. The predicted molar refractivity (Wildman–Crippen MR) is 114 cm³/mol. The SMILES string of the molecule is O=C(COc1ccccc1C(=O)Nc1ccc(Cl)cc1)Nc1ccc(Br)cc1. The minimum Gasteiger partial charge on any atom is -0.483 e. The number of carbonyl (C=O) groups excluding carboxylic acids is 2. The second-order valence-corrected chi connectivity index (χ2v) is 7.15. The zero-order valence-corrected chi connectivity index (χ0v) is 17.0. The maximum atomic E-state index is 12.6. The van der Waals surface area contributed by atoms with Crippen LogP contribution in [0.15, 0.2) is 77.3 Å². The van der Waals surface area contributed by atoms with E-state index in [4.69, 9.17) is 16.3 Å². The number of anilines is 2. The fourth-order valence-electron chi connectivity index (χ4n) is 2.39. The van der Waals surface area contributed by atoms with E-state index in [-0.39, 0.29) is 18.4 Å². The molecule has 0 atom stereocenters. The smallest absolute Gasteiger partial charge is 0.262 e. The van der Waals surface area contributed by atoms with Gasteiger partial charge in [-0.3, -0.25) is 9.59 Å². The quantitative estimate of drug-likeness (QED) is 0.520. The molecule has 3 aromatic rings. The van der Waals surface area contributed by atoms with E-state index in [9.17, 15) is 9.59 Å². The molecule has 2 amide bonds. The summed E-state index contributed by atoms with van der Waals surface area (Å²) < 4.78 is 6.49. The van der Waals surface area contributed by atoms with Gasteiger partial charge < -0.3 is 15.4 Å². The topological polar surface area (TPSA) is 67.4 Å². The number of hydrogen-bond donors (Lipinski definition) is 2. The van der Waals surface area contributed by atoms with E-state index in [1.165, 1.54) is 0 Å².